The molecular formula is C15H19BrN2S. The first kappa shape index (κ1) is 14.7. The highest BCUT2D eigenvalue weighted by molar-refractivity contribution is 9.10. The Morgan fingerprint density at radius 3 is 2.63 bits per heavy atom. The molecule has 0 aliphatic rings. The van der Waals surface area contributed by atoms with Crippen molar-refractivity contribution in [2.75, 3.05) is 20.6 Å². The molecule has 1 unspecified atom stereocenters. The van der Waals surface area contributed by atoms with Gasteiger partial charge in [-0.05, 0) is 41.7 Å². The Bertz CT molecular complexity index is 498. The van der Waals surface area contributed by atoms with Gasteiger partial charge in [0.1, 0.15) is 0 Å². The van der Waals surface area contributed by atoms with Crippen molar-refractivity contribution in [1.82, 2.24) is 10.2 Å². The molecule has 4 heteroatoms. The van der Waals surface area contributed by atoms with Crippen LogP contribution in [0.4, 0.5) is 0 Å². The number of nitrogens with one attached hydrogen (secondary N) is 1. The molecule has 1 aromatic heterocycles. The van der Waals surface area contributed by atoms with Crippen molar-refractivity contribution >= 4 is 27.3 Å². The molecule has 1 heterocycles. The summed E-state index contributed by atoms with van der Waals surface area (Å²) < 4.78 is 1.17. The summed E-state index contributed by atoms with van der Waals surface area (Å²) >= 11 is 5.31. The molecule has 1 N–H and O–H groups in total. The van der Waals surface area contributed by atoms with Crippen LogP contribution in [0.2, 0.25) is 0 Å². The molecule has 1 atom stereocenters. The zero-order valence-electron chi connectivity index (χ0n) is 11.3. The van der Waals surface area contributed by atoms with Crippen LogP contribution in [-0.4, -0.2) is 25.5 Å². The van der Waals surface area contributed by atoms with E-state index in [1.165, 1.54) is 14.9 Å². The molecule has 0 saturated carbocycles. The average Bonchev–Trinajstić information content (AvgIpc) is 2.82. The van der Waals surface area contributed by atoms with Gasteiger partial charge in [0.2, 0.25) is 0 Å². The van der Waals surface area contributed by atoms with Gasteiger partial charge in [-0.25, -0.2) is 0 Å². The minimum Gasteiger partial charge on any atom is -0.318 e. The van der Waals surface area contributed by atoms with Crippen molar-refractivity contribution in [1.29, 1.82) is 0 Å². The second kappa shape index (κ2) is 7.20. The zero-order chi connectivity index (χ0) is 13.7. The Kier molecular flexibility index (Phi) is 5.58. The van der Waals surface area contributed by atoms with Crippen LogP contribution in [0.3, 0.4) is 0 Å². The van der Waals surface area contributed by atoms with Crippen molar-refractivity contribution in [3.05, 3.63) is 56.7 Å². The van der Waals surface area contributed by atoms with E-state index in [0.29, 0.717) is 6.04 Å². The van der Waals surface area contributed by atoms with E-state index < -0.39 is 0 Å². The average molecular weight is 339 g/mol. The van der Waals surface area contributed by atoms with E-state index in [9.17, 15) is 0 Å². The number of hydrogen-bond donors (Lipinski definition) is 1. The monoisotopic (exact) mass is 338 g/mol. The zero-order valence-corrected chi connectivity index (χ0v) is 13.7. The lowest BCUT2D eigenvalue weighted by Gasteiger charge is -2.28. The summed E-state index contributed by atoms with van der Waals surface area (Å²) in [6.45, 7) is 1.92. The predicted octanol–water partition coefficient (Wildman–Crippen LogP) is 3.90. The summed E-state index contributed by atoms with van der Waals surface area (Å²) in [6, 6.07) is 13.3. The minimum absolute atomic E-state index is 0.395. The molecule has 19 heavy (non-hydrogen) atoms. The highest BCUT2D eigenvalue weighted by Gasteiger charge is 2.16. The summed E-state index contributed by atoms with van der Waals surface area (Å²) in [6.07, 6.45) is 0. The van der Waals surface area contributed by atoms with Crippen LogP contribution < -0.4 is 5.32 Å². The summed E-state index contributed by atoms with van der Waals surface area (Å²) in [5, 5.41) is 5.43. The van der Waals surface area contributed by atoms with E-state index in [2.05, 4.69) is 75.0 Å². The highest BCUT2D eigenvalue weighted by atomic mass is 79.9. The number of thiophene rings is 1. The van der Waals surface area contributed by atoms with Gasteiger partial charge in [0.25, 0.3) is 0 Å². The number of halogens is 1. The van der Waals surface area contributed by atoms with Crippen molar-refractivity contribution in [2.24, 2.45) is 0 Å². The first-order valence-corrected chi connectivity index (χ1v) is 8.00. The lowest BCUT2D eigenvalue weighted by atomic mass is 10.1. The van der Waals surface area contributed by atoms with E-state index in [1.54, 1.807) is 11.3 Å². The van der Waals surface area contributed by atoms with Gasteiger partial charge in [0.15, 0.2) is 0 Å². The van der Waals surface area contributed by atoms with Gasteiger partial charge in [-0.15, -0.1) is 11.3 Å². The van der Waals surface area contributed by atoms with E-state index in [1.807, 2.05) is 7.05 Å². The minimum atomic E-state index is 0.395. The lowest BCUT2D eigenvalue weighted by molar-refractivity contribution is 0.235. The van der Waals surface area contributed by atoms with Crippen LogP contribution >= 0.6 is 27.3 Å². The smallest absolute Gasteiger partial charge is 0.0473 e. The normalized spacial score (nSPS) is 12.8. The molecule has 0 spiro atoms. The standard InChI is InChI=1S/C15H19BrN2S/c1-17-9-15(12-6-4-3-5-7-12)18(2)10-14-8-13(16)11-19-14/h3-8,11,15,17H,9-10H2,1-2H3. The van der Waals surface area contributed by atoms with Gasteiger partial charge in [-0.2, -0.15) is 0 Å². The molecule has 2 aromatic rings. The second-order valence-electron chi connectivity index (χ2n) is 4.63. The van der Waals surface area contributed by atoms with Crippen LogP contribution in [0, 0.1) is 0 Å². The summed E-state index contributed by atoms with van der Waals surface area (Å²) in [5.74, 6) is 0. The third-order valence-electron chi connectivity index (χ3n) is 3.14. The van der Waals surface area contributed by atoms with Crippen molar-refractivity contribution < 1.29 is 0 Å². The van der Waals surface area contributed by atoms with Crippen molar-refractivity contribution in [2.45, 2.75) is 12.6 Å². The van der Waals surface area contributed by atoms with Gasteiger partial charge < -0.3 is 5.32 Å². The first-order valence-electron chi connectivity index (χ1n) is 6.33. The maximum Gasteiger partial charge on any atom is 0.0473 e. The van der Waals surface area contributed by atoms with Gasteiger partial charge in [-0.1, -0.05) is 30.3 Å². The lowest BCUT2D eigenvalue weighted by Crippen LogP contribution is -2.31. The molecule has 0 amide bonds. The Morgan fingerprint density at radius 1 is 1.32 bits per heavy atom. The molecule has 0 saturated heterocycles. The van der Waals surface area contributed by atoms with Gasteiger partial charge in [0, 0.05) is 33.9 Å². The van der Waals surface area contributed by atoms with E-state index in [0.717, 1.165) is 13.1 Å². The third-order valence-corrected chi connectivity index (χ3v) is 4.82. The Hall–Kier alpha value is -0.680. The summed E-state index contributed by atoms with van der Waals surface area (Å²) in [4.78, 5) is 3.77. The second-order valence-corrected chi connectivity index (χ2v) is 6.54. The Balaban J connectivity index is 2.10. The number of nitrogens with zero attached hydrogens (tertiary/aromatic N) is 1. The van der Waals surface area contributed by atoms with E-state index in [-0.39, 0.29) is 0 Å². The quantitative estimate of drug-likeness (QED) is 0.859. The molecule has 0 fully saturated rings. The molecular weight excluding hydrogens is 320 g/mol. The fourth-order valence-electron chi connectivity index (χ4n) is 2.19. The SMILES string of the molecule is CNCC(c1ccccc1)N(C)Cc1cc(Br)cs1. The molecule has 0 bridgehead atoms. The fourth-order valence-corrected chi connectivity index (χ4v) is 3.70. The highest BCUT2D eigenvalue weighted by Crippen LogP contribution is 2.25. The van der Waals surface area contributed by atoms with Crippen molar-refractivity contribution in [3.8, 4) is 0 Å². The third kappa shape index (κ3) is 4.14. The fraction of sp³-hybridized carbons (Fsp3) is 0.333. The van der Waals surface area contributed by atoms with Crippen LogP contribution in [0.5, 0.6) is 0 Å². The van der Waals surface area contributed by atoms with E-state index >= 15 is 0 Å². The number of likely N-dealkylation sites (N-methyl/N-ethyl adjacent to an activating group) is 2. The topological polar surface area (TPSA) is 15.3 Å². The van der Waals surface area contributed by atoms with Gasteiger partial charge >= 0.3 is 0 Å². The maximum atomic E-state index is 3.51. The van der Waals surface area contributed by atoms with Crippen LogP contribution in [0.25, 0.3) is 0 Å². The largest absolute Gasteiger partial charge is 0.318 e. The number of benzene rings is 1. The molecule has 2 rings (SSSR count). The summed E-state index contributed by atoms with van der Waals surface area (Å²) in [7, 11) is 4.19. The molecule has 1 aromatic carbocycles. The molecule has 0 aliphatic heterocycles. The van der Waals surface area contributed by atoms with Gasteiger partial charge in [0.05, 0.1) is 0 Å². The van der Waals surface area contributed by atoms with Gasteiger partial charge in [-0.3, -0.25) is 4.90 Å². The maximum absolute atomic E-state index is 3.51. The molecule has 0 aliphatic carbocycles. The predicted molar refractivity (Wildman–Crippen MR) is 86.6 cm³/mol. The van der Waals surface area contributed by atoms with Crippen LogP contribution in [-0.2, 0) is 6.54 Å². The molecule has 2 nitrogen and oxygen atoms in total. The van der Waals surface area contributed by atoms with Crippen LogP contribution in [0.15, 0.2) is 46.3 Å². The Labute approximate surface area is 127 Å². The van der Waals surface area contributed by atoms with Crippen LogP contribution in [0.1, 0.15) is 16.5 Å². The van der Waals surface area contributed by atoms with E-state index in [4.69, 9.17) is 0 Å². The number of rotatable bonds is 6. The number of hydrogen-bond acceptors (Lipinski definition) is 3. The summed E-state index contributed by atoms with van der Waals surface area (Å²) in [5.41, 5.74) is 1.36. The Morgan fingerprint density at radius 2 is 2.05 bits per heavy atom. The van der Waals surface area contributed by atoms with Crippen molar-refractivity contribution in [3.63, 3.8) is 0 Å². The molecule has 0 radical (unpaired) electrons. The molecule has 102 valence electrons. The first-order chi connectivity index (χ1) is 9.20.